The van der Waals surface area contributed by atoms with Gasteiger partial charge in [0.2, 0.25) is 5.91 Å². The van der Waals surface area contributed by atoms with Gasteiger partial charge in [-0.05, 0) is 12.5 Å². The number of nitrogens with one attached hydrogen (secondary N) is 1. The fourth-order valence-electron chi connectivity index (χ4n) is 1.61. The maximum atomic E-state index is 11.6. The molecule has 0 spiro atoms. The SMILES string of the molecule is CCC(CN)CC(=O)NCC1COCCO1. The largest absolute Gasteiger partial charge is 0.376 e. The van der Waals surface area contributed by atoms with Crippen molar-refractivity contribution in [2.75, 3.05) is 32.9 Å². The van der Waals surface area contributed by atoms with Crippen molar-refractivity contribution < 1.29 is 14.3 Å². The quantitative estimate of drug-likeness (QED) is 0.668. The van der Waals surface area contributed by atoms with Gasteiger partial charge < -0.3 is 20.5 Å². The van der Waals surface area contributed by atoms with Gasteiger partial charge in [-0.1, -0.05) is 13.3 Å². The van der Waals surface area contributed by atoms with E-state index < -0.39 is 0 Å². The van der Waals surface area contributed by atoms with Crippen LogP contribution in [-0.4, -0.2) is 44.9 Å². The zero-order valence-corrected chi connectivity index (χ0v) is 9.91. The van der Waals surface area contributed by atoms with Gasteiger partial charge in [0.15, 0.2) is 0 Å². The number of amides is 1. The predicted octanol–water partition coefficient (Wildman–Crippen LogP) is -0.107. The van der Waals surface area contributed by atoms with Crippen molar-refractivity contribution in [3.05, 3.63) is 0 Å². The van der Waals surface area contributed by atoms with E-state index in [9.17, 15) is 4.79 Å². The first kappa shape index (κ1) is 13.4. The summed E-state index contributed by atoms with van der Waals surface area (Å²) in [5, 5.41) is 2.85. The highest BCUT2D eigenvalue weighted by molar-refractivity contribution is 5.76. The van der Waals surface area contributed by atoms with Crippen molar-refractivity contribution in [1.82, 2.24) is 5.32 Å². The molecule has 0 aromatic carbocycles. The van der Waals surface area contributed by atoms with E-state index in [1.807, 2.05) is 6.92 Å². The highest BCUT2D eigenvalue weighted by Crippen LogP contribution is 2.05. The third-order valence-corrected chi connectivity index (χ3v) is 2.80. The highest BCUT2D eigenvalue weighted by Gasteiger charge is 2.16. The summed E-state index contributed by atoms with van der Waals surface area (Å²) in [6, 6.07) is 0. The molecule has 0 aromatic rings. The Morgan fingerprint density at radius 2 is 2.38 bits per heavy atom. The van der Waals surface area contributed by atoms with E-state index in [1.165, 1.54) is 0 Å². The first-order chi connectivity index (χ1) is 7.76. The molecule has 94 valence electrons. The summed E-state index contributed by atoms with van der Waals surface area (Å²) in [5.41, 5.74) is 5.55. The molecule has 0 radical (unpaired) electrons. The Kier molecular flexibility index (Phi) is 6.37. The van der Waals surface area contributed by atoms with E-state index in [0.717, 1.165) is 6.42 Å². The standard InChI is InChI=1S/C11H22N2O3/c1-2-9(6-12)5-11(14)13-7-10-8-15-3-4-16-10/h9-10H,2-8,12H2,1H3,(H,13,14). The molecule has 1 aliphatic rings. The van der Waals surface area contributed by atoms with Crippen LogP contribution in [0.4, 0.5) is 0 Å². The van der Waals surface area contributed by atoms with Gasteiger partial charge in [-0.15, -0.1) is 0 Å². The Hall–Kier alpha value is -0.650. The fourth-order valence-corrected chi connectivity index (χ4v) is 1.61. The Morgan fingerprint density at radius 3 is 2.94 bits per heavy atom. The smallest absolute Gasteiger partial charge is 0.220 e. The second-order valence-corrected chi connectivity index (χ2v) is 4.09. The molecule has 1 heterocycles. The molecule has 0 aliphatic carbocycles. The number of hydrogen-bond acceptors (Lipinski definition) is 4. The summed E-state index contributed by atoms with van der Waals surface area (Å²) in [6.45, 7) is 4.96. The summed E-state index contributed by atoms with van der Waals surface area (Å²) in [5.74, 6) is 0.329. The zero-order chi connectivity index (χ0) is 11.8. The van der Waals surface area contributed by atoms with Crippen LogP contribution < -0.4 is 11.1 Å². The van der Waals surface area contributed by atoms with Crippen LogP contribution in [0.2, 0.25) is 0 Å². The van der Waals surface area contributed by atoms with E-state index in [0.29, 0.717) is 39.3 Å². The number of carbonyl (C=O) groups excluding carboxylic acids is 1. The summed E-state index contributed by atoms with van der Waals surface area (Å²) < 4.78 is 10.7. The maximum Gasteiger partial charge on any atom is 0.220 e. The zero-order valence-electron chi connectivity index (χ0n) is 9.91. The average Bonchev–Trinajstić information content (AvgIpc) is 2.34. The van der Waals surface area contributed by atoms with Crippen LogP contribution in [0.3, 0.4) is 0 Å². The second kappa shape index (κ2) is 7.60. The lowest BCUT2D eigenvalue weighted by molar-refractivity contribution is -0.124. The Morgan fingerprint density at radius 1 is 1.56 bits per heavy atom. The van der Waals surface area contributed by atoms with E-state index in [1.54, 1.807) is 0 Å². The first-order valence-electron chi connectivity index (χ1n) is 5.92. The molecule has 2 unspecified atom stereocenters. The second-order valence-electron chi connectivity index (χ2n) is 4.09. The Balaban J connectivity index is 2.13. The molecule has 1 amide bonds. The lowest BCUT2D eigenvalue weighted by Gasteiger charge is -2.23. The van der Waals surface area contributed by atoms with Gasteiger partial charge in [0.1, 0.15) is 0 Å². The van der Waals surface area contributed by atoms with E-state index in [2.05, 4.69) is 5.32 Å². The van der Waals surface area contributed by atoms with Crippen LogP contribution in [0.25, 0.3) is 0 Å². The van der Waals surface area contributed by atoms with Gasteiger partial charge in [-0.2, -0.15) is 0 Å². The highest BCUT2D eigenvalue weighted by atomic mass is 16.6. The summed E-state index contributed by atoms with van der Waals surface area (Å²) in [4.78, 5) is 11.6. The monoisotopic (exact) mass is 230 g/mol. The number of rotatable bonds is 6. The van der Waals surface area contributed by atoms with Gasteiger partial charge in [0.05, 0.1) is 25.9 Å². The molecule has 5 heteroatoms. The number of ether oxygens (including phenoxy) is 2. The van der Waals surface area contributed by atoms with Crippen molar-refractivity contribution in [3.63, 3.8) is 0 Å². The number of carbonyl (C=O) groups is 1. The third-order valence-electron chi connectivity index (χ3n) is 2.80. The van der Waals surface area contributed by atoms with Crippen molar-refractivity contribution in [3.8, 4) is 0 Å². The molecule has 0 aromatic heterocycles. The molecule has 1 aliphatic heterocycles. The van der Waals surface area contributed by atoms with Gasteiger partial charge in [-0.3, -0.25) is 4.79 Å². The minimum atomic E-state index is -0.00402. The fraction of sp³-hybridized carbons (Fsp3) is 0.909. The Labute approximate surface area is 96.7 Å². The van der Waals surface area contributed by atoms with Crippen LogP contribution in [0.15, 0.2) is 0 Å². The molecule has 5 nitrogen and oxygen atoms in total. The van der Waals surface area contributed by atoms with Crippen molar-refractivity contribution in [2.45, 2.75) is 25.9 Å². The third kappa shape index (κ3) is 4.92. The molecule has 1 fully saturated rings. The van der Waals surface area contributed by atoms with Crippen LogP contribution in [0, 0.1) is 5.92 Å². The molecule has 0 bridgehead atoms. The van der Waals surface area contributed by atoms with Gasteiger partial charge in [0, 0.05) is 13.0 Å². The van der Waals surface area contributed by atoms with Crippen molar-refractivity contribution in [1.29, 1.82) is 0 Å². The van der Waals surface area contributed by atoms with Crippen molar-refractivity contribution in [2.24, 2.45) is 11.7 Å². The summed E-state index contributed by atoms with van der Waals surface area (Å²) in [6.07, 6.45) is 1.43. The predicted molar refractivity (Wildman–Crippen MR) is 61.0 cm³/mol. The number of hydrogen-bond donors (Lipinski definition) is 2. The van der Waals surface area contributed by atoms with Gasteiger partial charge in [0.25, 0.3) is 0 Å². The minimum absolute atomic E-state index is 0.00402. The van der Waals surface area contributed by atoms with E-state index in [-0.39, 0.29) is 17.9 Å². The average molecular weight is 230 g/mol. The van der Waals surface area contributed by atoms with Crippen LogP contribution in [-0.2, 0) is 14.3 Å². The minimum Gasteiger partial charge on any atom is -0.376 e. The molecule has 1 saturated heterocycles. The normalized spacial score (nSPS) is 22.8. The molecule has 1 rings (SSSR count). The maximum absolute atomic E-state index is 11.6. The van der Waals surface area contributed by atoms with Crippen molar-refractivity contribution >= 4 is 5.91 Å². The summed E-state index contributed by atoms with van der Waals surface area (Å²) in [7, 11) is 0. The Bertz CT molecular complexity index is 201. The molecule has 16 heavy (non-hydrogen) atoms. The lowest BCUT2D eigenvalue weighted by Crippen LogP contribution is -2.40. The van der Waals surface area contributed by atoms with Crippen LogP contribution >= 0.6 is 0 Å². The molecule has 0 saturated carbocycles. The topological polar surface area (TPSA) is 73.6 Å². The van der Waals surface area contributed by atoms with Crippen LogP contribution in [0.5, 0.6) is 0 Å². The summed E-state index contributed by atoms with van der Waals surface area (Å²) >= 11 is 0. The molecular weight excluding hydrogens is 208 g/mol. The van der Waals surface area contributed by atoms with E-state index in [4.69, 9.17) is 15.2 Å². The molecule has 3 N–H and O–H groups in total. The molecular formula is C11H22N2O3. The van der Waals surface area contributed by atoms with Gasteiger partial charge in [-0.25, -0.2) is 0 Å². The van der Waals surface area contributed by atoms with Gasteiger partial charge >= 0.3 is 0 Å². The van der Waals surface area contributed by atoms with E-state index >= 15 is 0 Å². The lowest BCUT2D eigenvalue weighted by atomic mass is 10.0. The molecule has 2 atom stereocenters. The first-order valence-corrected chi connectivity index (χ1v) is 5.92. The van der Waals surface area contributed by atoms with Crippen LogP contribution in [0.1, 0.15) is 19.8 Å². The number of nitrogens with two attached hydrogens (primary N) is 1.